The van der Waals surface area contributed by atoms with Gasteiger partial charge in [-0.3, -0.25) is 9.59 Å². The van der Waals surface area contributed by atoms with Crippen LogP contribution in [-0.4, -0.2) is 36.1 Å². The molecule has 0 saturated heterocycles. The van der Waals surface area contributed by atoms with Gasteiger partial charge in [0.25, 0.3) is 0 Å². The van der Waals surface area contributed by atoms with Crippen molar-refractivity contribution >= 4 is 11.8 Å². The van der Waals surface area contributed by atoms with E-state index >= 15 is 0 Å². The van der Waals surface area contributed by atoms with Gasteiger partial charge in [0.05, 0.1) is 6.61 Å². The Bertz CT molecular complexity index is 259. The van der Waals surface area contributed by atoms with Crippen LogP contribution in [0.1, 0.15) is 40.5 Å². The summed E-state index contributed by atoms with van der Waals surface area (Å²) in [7, 11) is 0. The number of carbonyl (C=O) groups excluding carboxylic acids is 2. The summed E-state index contributed by atoms with van der Waals surface area (Å²) >= 11 is 0. The van der Waals surface area contributed by atoms with Crippen molar-refractivity contribution in [2.75, 3.05) is 13.2 Å². The first-order valence-corrected chi connectivity index (χ1v) is 5.96. The lowest BCUT2D eigenvalue weighted by Gasteiger charge is -2.17. The SMILES string of the molecule is CC(CO)NC(=O)CCCNC(=O)C(C)(C)C. The summed E-state index contributed by atoms with van der Waals surface area (Å²) in [4.78, 5) is 22.8. The number of carbonyl (C=O) groups is 2. The minimum Gasteiger partial charge on any atom is -0.394 e. The van der Waals surface area contributed by atoms with Gasteiger partial charge in [0.15, 0.2) is 0 Å². The molecule has 0 spiro atoms. The van der Waals surface area contributed by atoms with E-state index in [1.54, 1.807) is 6.92 Å². The highest BCUT2D eigenvalue weighted by Crippen LogP contribution is 2.12. The predicted molar refractivity (Wildman–Crippen MR) is 66.4 cm³/mol. The second kappa shape index (κ2) is 7.27. The maximum absolute atomic E-state index is 11.5. The monoisotopic (exact) mass is 244 g/mol. The van der Waals surface area contributed by atoms with E-state index in [1.165, 1.54) is 0 Å². The van der Waals surface area contributed by atoms with E-state index in [9.17, 15) is 9.59 Å². The molecule has 0 aliphatic rings. The molecule has 0 aromatic rings. The third-order valence-corrected chi connectivity index (χ3v) is 2.23. The van der Waals surface area contributed by atoms with Crippen molar-refractivity contribution in [3.05, 3.63) is 0 Å². The Morgan fingerprint density at radius 2 is 1.88 bits per heavy atom. The highest BCUT2D eigenvalue weighted by molar-refractivity contribution is 5.81. The van der Waals surface area contributed by atoms with Crippen molar-refractivity contribution in [1.29, 1.82) is 0 Å². The standard InChI is InChI=1S/C12H24N2O3/c1-9(8-15)14-10(16)6-5-7-13-11(17)12(2,3)4/h9,15H,5-8H2,1-4H3,(H,13,17)(H,14,16). The molecule has 0 saturated carbocycles. The van der Waals surface area contributed by atoms with E-state index in [4.69, 9.17) is 5.11 Å². The average molecular weight is 244 g/mol. The minimum absolute atomic E-state index is 0.0124. The lowest BCUT2D eigenvalue weighted by Crippen LogP contribution is -2.37. The summed E-state index contributed by atoms with van der Waals surface area (Å²) in [5.41, 5.74) is -0.395. The molecule has 17 heavy (non-hydrogen) atoms. The molecule has 0 bridgehead atoms. The Morgan fingerprint density at radius 3 is 2.35 bits per heavy atom. The van der Waals surface area contributed by atoms with Gasteiger partial charge in [-0.2, -0.15) is 0 Å². The van der Waals surface area contributed by atoms with Crippen molar-refractivity contribution in [1.82, 2.24) is 10.6 Å². The minimum atomic E-state index is -0.395. The average Bonchev–Trinajstić information content (AvgIpc) is 2.22. The van der Waals surface area contributed by atoms with Crippen LogP contribution in [0, 0.1) is 5.41 Å². The molecule has 0 heterocycles. The van der Waals surface area contributed by atoms with Crippen molar-refractivity contribution in [2.45, 2.75) is 46.6 Å². The lowest BCUT2D eigenvalue weighted by molar-refractivity contribution is -0.128. The summed E-state index contributed by atoms with van der Waals surface area (Å²) in [6.45, 7) is 7.71. The smallest absolute Gasteiger partial charge is 0.225 e. The molecule has 100 valence electrons. The molecule has 0 rings (SSSR count). The quantitative estimate of drug-likeness (QED) is 0.593. The van der Waals surface area contributed by atoms with Crippen LogP contribution in [0.3, 0.4) is 0 Å². The third kappa shape index (κ3) is 7.74. The molecule has 3 N–H and O–H groups in total. The molecule has 2 amide bonds. The number of nitrogens with one attached hydrogen (secondary N) is 2. The third-order valence-electron chi connectivity index (χ3n) is 2.23. The molecular weight excluding hydrogens is 220 g/mol. The lowest BCUT2D eigenvalue weighted by atomic mass is 9.96. The Morgan fingerprint density at radius 1 is 1.29 bits per heavy atom. The number of amides is 2. The van der Waals surface area contributed by atoms with Gasteiger partial charge in [0, 0.05) is 24.4 Å². The Kier molecular flexibility index (Phi) is 6.80. The van der Waals surface area contributed by atoms with Gasteiger partial charge >= 0.3 is 0 Å². The molecule has 0 aromatic carbocycles. The first-order valence-electron chi connectivity index (χ1n) is 5.96. The second-order valence-electron chi connectivity index (χ2n) is 5.26. The van der Waals surface area contributed by atoms with Gasteiger partial charge in [0.1, 0.15) is 0 Å². The van der Waals surface area contributed by atoms with E-state index in [0.717, 1.165) is 0 Å². The topological polar surface area (TPSA) is 78.4 Å². The highest BCUT2D eigenvalue weighted by atomic mass is 16.3. The highest BCUT2D eigenvalue weighted by Gasteiger charge is 2.20. The summed E-state index contributed by atoms with van der Waals surface area (Å²) in [6, 6.07) is -0.216. The van der Waals surface area contributed by atoms with Gasteiger partial charge in [-0.25, -0.2) is 0 Å². The zero-order chi connectivity index (χ0) is 13.5. The summed E-state index contributed by atoms with van der Waals surface area (Å²) in [5, 5.41) is 14.2. The van der Waals surface area contributed by atoms with Gasteiger partial charge < -0.3 is 15.7 Å². The fourth-order valence-corrected chi connectivity index (χ4v) is 1.11. The predicted octanol–water partition coefficient (Wildman–Crippen LogP) is 0.426. The molecule has 5 nitrogen and oxygen atoms in total. The number of aliphatic hydroxyl groups is 1. The normalized spacial score (nSPS) is 13.0. The molecule has 0 aliphatic heterocycles. The van der Waals surface area contributed by atoms with Crippen molar-refractivity contribution in [3.63, 3.8) is 0 Å². The fourth-order valence-electron chi connectivity index (χ4n) is 1.11. The molecule has 0 aromatic heterocycles. The summed E-state index contributed by atoms with van der Waals surface area (Å²) < 4.78 is 0. The zero-order valence-electron chi connectivity index (χ0n) is 11.2. The summed E-state index contributed by atoms with van der Waals surface area (Å²) in [5.74, 6) is -0.113. The molecular formula is C12H24N2O3. The van der Waals surface area contributed by atoms with Crippen molar-refractivity contribution in [2.24, 2.45) is 5.41 Å². The van der Waals surface area contributed by atoms with Crippen LogP contribution in [0.25, 0.3) is 0 Å². The maximum Gasteiger partial charge on any atom is 0.225 e. The van der Waals surface area contributed by atoms with Crippen molar-refractivity contribution < 1.29 is 14.7 Å². The molecule has 0 fully saturated rings. The maximum atomic E-state index is 11.5. The van der Waals surface area contributed by atoms with Gasteiger partial charge in [-0.05, 0) is 13.3 Å². The number of hydrogen-bond acceptors (Lipinski definition) is 3. The van der Waals surface area contributed by atoms with Crippen LogP contribution in [-0.2, 0) is 9.59 Å². The molecule has 1 atom stereocenters. The molecule has 1 unspecified atom stereocenters. The molecule has 5 heteroatoms. The van der Waals surface area contributed by atoms with E-state index in [0.29, 0.717) is 19.4 Å². The van der Waals surface area contributed by atoms with Crippen LogP contribution < -0.4 is 10.6 Å². The van der Waals surface area contributed by atoms with E-state index in [1.807, 2.05) is 20.8 Å². The Labute approximate surface area is 103 Å². The van der Waals surface area contributed by atoms with E-state index in [-0.39, 0.29) is 24.5 Å². The van der Waals surface area contributed by atoms with Crippen LogP contribution in [0.15, 0.2) is 0 Å². The molecule has 0 aliphatic carbocycles. The first kappa shape index (κ1) is 15.9. The Hall–Kier alpha value is -1.10. The van der Waals surface area contributed by atoms with Gasteiger partial charge in [-0.1, -0.05) is 20.8 Å². The van der Waals surface area contributed by atoms with Crippen LogP contribution in [0.5, 0.6) is 0 Å². The van der Waals surface area contributed by atoms with Crippen LogP contribution >= 0.6 is 0 Å². The van der Waals surface area contributed by atoms with Crippen LogP contribution in [0.4, 0.5) is 0 Å². The first-order chi connectivity index (χ1) is 7.77. The van der Waals surface area contributed by atoms with E-state index < -0.39 is 5.41 Å². The number of hydrogen-bond donors (Lipinski definition) is 3. The van der Waals surface area contributed by atoms with Gasteiger partial charge in [0.2, 0.25) is 11.8 Å². The summed E-state index contributed by atoms with van der Waals surface area (Å²) in [6.07, 6.45) is 0.959. The van der Waals surface area contributed by atoms with E-state index in [2.05, 4.69) is 10.6 Å². The van der Waals surface area contributed by atoms with Crippen LogP contribution in [0.2, 0.25) is 0 Å². The number of aliphatic hydroxyl groups excluding tert-OH is 1. The second-order valence-corrected chi connectivity index (χ2v) is 5.26. The zero-order valence-corrected chi connectivity index (χ0v) is 11.2. The number of rotatable bonds is 6. The fraction of sp³-hybridized carbons (Fsp3) is 0.833. The largest absolute Gasteiger partial charge is 0.394 e. The molecule has 0 radical (unpaired) electrons. The Balaban J connectivity index is 3.65. The van der Waals surface area contributed by atoms with Gasteiger partial charge in [-0.15, -0.1) is 0 Å². The van der Waals surface area contributed by atoms with Crippen molar-refractivity contribution in [3.8, 4) is 0 Å².